The number of benzene rings is 2. The number of methoxy groups -OCH3 is 1. The number of carboxylic acid groups (broad SMARTS) is 1. The first-order chi connectivity index (χ1) is 11.1. The average molecular weight is 309 g/mol. The van der Waals surface area contributed by atoms with E-state index < -0.39 is 5.97 Å². The van der Waals surface area contributed by atoms with Crippen molar-refractivity contribution < 1.29 is 19.4 Å². The summed E-state index contributed by atoms with van der Waals surface area (Å²) in [5.74, 6) is -0.248. The van der Waals surface area contributed by atoms with E-state index in [1.165, 1.54) is 0 Å². The Morgan fingerprint density at radius 1 is 1.22 bits per heavy atom. The molecule has 0 aliphatic heterocycles. The largest absolute Gasteiger partial charge is 0.497 e. The number of carboxylic acids is 1. The number of fused-ring (bicyclic) bond motifs is 1. The van der Waals surface area contributed by atoms with Gasteiger partial charge in [-0.25, -0.2) is 4.79 Å². The van der Waals surface area contributed by atoms with Crippen LogP contribution in [0, 0.1) is 0 Å². The van der Waals surface area contributed by atoms with Crippen molar-refractivity contribution in [2.24, 2.45) is 0 Å². The molecular weight excluding hydrogens is 294 g/mol. The second kappa shape index (κ2) is 5.96. The van der Waals surface area contributed by atoms with E-state index >= 15 is 0 Å². The number of carbonyl (C=O) groups excluding carboxylic acids is 1. The molecule has 0 fully saturated rings. The molecule has 0 radical (unpaired) electrons. The molecule has 0 spiro atoms. The molecule has 5 heteroatoms. The van der Waals surface area contributed by atoms with Crippen LogP contribution in [0.15, 0.2) is 48.7 Å². The van der Waals surface area contributed by atoms with Gasteiger partial charge in [0.2, 0.25) is 0 Å². The van der Waals surface area contributed by atoms with E-state index in [9.17, 15) is 9.59 Å². The summed E-state index contributed by atoms with van der Waals surface area (Å²) < 4.78 is 7.17. The van der Waals surface area contributed by atoms with Crippen molar-refractivity contribution in [3.63, 3.8) is 0 Å². The van der Waals surface area contributed by atoms with Crippen LogP contribution in [-0.4, -0.2) is 29.0 Å². The highest BCUT2D eigenvalue weighted by atomic mass is 16.5. The fraction of sp³-hybridized carbons (Fsp3) is 0.111. The van der Waals surface area contributed by atoms with Crippen LogP contribution in [0.4, 0.5) is 0 Å². The third-order valence-electron chi connectivity index (χ3n) is 3.80. The molecule has 1 N–H and O–H groups in total. The van der Waals surface area contributed by atoms with E-state index in [4.69, 9.17) is 9.84 Å². The molecular formula is C18H15NO4. The first-order valence-corrected chi connectivity index (χ1v) is 7.06. The summed E-state index contributed by atoms with van der Waals surface area (Å²) in [7, 11) is 1.59. The molecule has 116 valence electrons. The maximum Gasteiger partial charge on any atom is 0.335 e. The molecule has 0 saturated heterocycles. The molecule has 3 rings (SSSR count). The standard InChI is InChI=1S/C18H15NO4/c1-23-15-6-7-17-16(8-15)14(11-20)10-19(17)9-12-2-4-13(5-3-12)18(21)22/h2-8,10-11H,9H2,1H3,(H,21,22). The zero-order chi connectivity index (χ0) is 16.4. The van der Waals surface area contributed by atoms with E-state index in [0.717, 1.165) is 22.8 Å². The summed E-state index contributed by atoms with van der Waals surface area (Å²) in [5, 5.41) is 9.77. The molecule has 23 heavy (non-hydrogen) atoms. The Hall–Kier alpha value is -3.08. The van der Waals surface area contributed by atoms with Gasteiger partial charge in [0.05, 0.1) is 12.7 Å². The van der Waals surface area contributed by atoms with Gasteiger partial charge in [-0.1, -0.05) is 12.1 Å². The number of ether oxygens (including phenoxy) is 1. The highest BCUT2D eigenvalue weighted by Gasteiger charge is 2.10. The highest BCUT2D eigenvalue weighted by molar-refractivity contribution is 5.98. The van der Waals surface area contributed by atoms with Gasteiger partial charge in [-0.3, -0.25) is 4.79 Å². The zero-order valence-electron chi connectivity index (χ0n) is 12.5. The number of aromatic nitrogens is 1. The molecule has 5 nitrogen and oxygen atoms in total. The molecule has 1 aromatic heterocycles. The lowest BCUT2D eigenvalue weighted by molar-refractivity contribution is 0.0696. The van der Waals surface area contributed by atoms with E-state index in [-0.39, 0.29) is 5.56 Å². The Morgan fingerprint density at radius 2 is 1.96 bits per heavy atom. The van der Waals surface area contributed by atoms with Crippen LogP contribution in [-0.2, 0) is 6.54 Å². The Morgan fingerprint density at radius 3 is 2.57 bits per heavy atom. The monoisotopic (exact) mass is 309 g/mol. The van der Waals surface area contributed by atoms with Crippen LogP contribution in [0.3, 0.4) is 0 Å². The van der Waals surface area contributed by atoms with Crippen molar-refractivity contribution in [2.75, 3.05) is 7.11 Å². The van der Waals surface area contributed by atoms with Gasteiger partial charge in [-0.2, -0.15) is 0 Å². The van der Waals surface area contributed by atoms with Crippen molar-refractivity contribution in [3.8, 4) is 5.75 Å². The number of aromatic carboxylic acids is 1. The average Bonchev–Trinajstić information content (AvgIpc) is 2.92. The second-order valence-electron chi connectivity index (χ2n) is 5.22. The first kappa shape index (κ1) is 14.8. The summed E-state index contributed by atoms with van der Waals surface area (Å²) in [6, 6.07) is 12.3. The number of hydrogen-bond donors (Lipinski definition) is 1. The topological polar surface area (TPSA) is 68.5 Å². The number of aldehydes is 1. The quantitative estimate of drug-likeness (QED) is 0.735. The van der Waals surface area contributed by atoms with Gasteiger partial charge in [-0.15, -0.1) is 0 Å². The number of carbonyl (C=O) groups is 2. The van der Waals surface area contributed by atoms with Crippen LogP contribution >= 0.6 is 0 Å². The fourth-order valence-corrected chi connectivity index (χ4v) is 2.60. The minimum absolute atomic E-state index is 0.254. The molecule has 1 heterocycles. The summed E-state index contributed by atoms with van der Waals surface area (Å²) in [6.07, 6.45) is 2.62. The fourth-order valence-electron chi connectivity index (χ4n) is 2.60. The minimum Gasteiger partial charge on any atom is -0.497 e. The minimum atomic E-state index is -0.946. The van der Waals surface area contributed by atoms with Crippen LogP contribution in [0.25, 0.3) is 10.9 Å². The molecule has 0 saturated carbocycles. The Bertz CT molecular complexity index is 878. The molecule has 0 unspecified atom stereocenters. The van der Waals surface area contributed by atoms with Gasteiger partial charge in [-0.05, 0) is 35.9 Å². The molecule has 0 bridgehead atoms. The molecule has 0 aliphatic carbocycles. The lowest BCUT2D eigenvalue weighted by Gasteiger charge is -2.07. The lowest BCUT2D eigenvalue weighted by atomic mass is 10.1. The molecule has 0 amide bonds. The van der Waals surface area contributed by atoms with Crippen molar-refractivity contribution >= 4 is 23.2 Å². The highest BCUT2D eigenvalue weighted by Crippen LogP contribution is 2.26. The lowest BCUT2D eigenvalue weighted by Crippen LogP contribution is -2.00. The third kappa shape index (κ3) is 2.81. The van der Waals surface area contributed by atoms with E-state index in [0.29, 0.717) is 17.9 Å². The van der Waals surface area contributed by atoms with E-state index in [1.807, 2.05) is 22.8 Å². The number of nitrogens with zero attached hydrogens (tertiary/aromatic N) is 1. The van der Waals surface area contributed by atoms with Crippen molar-refractivity contribution in [1.82, 2.24) is 4.57 Å². The molecule has 2 aromatic carbocycles. The SMILES string of the molecule is COc1ccc2c(c1)c(C=O)cn2Cc1ccc(C(=O)O)cc1. The van der Waals surface area contributed by atoms with Gasteiger partial charge in [0, 0.05) is 29.2 Å². The van der Waals surface area contributed by atoms with Gasteiger partial charge in [0.15, 0.2) is 6.29 Å². The first-order valence-electron chi connectivity index (χ1n) is 7.06. The number of hydrogen-bond acceptors (Lipinski definition) is 3. The number of rotatable bonds is 5. The summed E-state index contributed by atoms with van der Waals surface area (Å²) in [5.41, 5.74) is 2.74. The summed E-state index contributed by atoms with van der Waals surface area (Å²) in [4.78, 5) is 22.2. The molecule has 3 aromatic rings. The predicted molar refractivity (Wildman–Crippen MR) is 86.4 cm³/mol. The van der Waals surface area contributed by atoms with Gasteiger partial charge < -0.3 is 14.4 Å². The Labute approximate surface area is 132 Å². The molecule has 0 aliphatic rings. The van der Waals surface area contributed by atoms with Gasteiger partial charge >= 0.3 is 5.97 Å². The normalized spacial score (nSPS) is 10.7. The van der Waals surface area contributed by atoms with E-state index in [1.54, 1.807) is 37.6 Å². The second-order valence-corrected chi connectivity index (χ2v) is 5.22. The van der Waals surface area contributed by atoms with E-state index in [2.05, 4.69) is 0 Å². The maximum absolute atomic E-state index is 11.3. The van der Waals surface area contributed by atoms with Crippen molar-refractivity contribution in [1.29, 1.82) is 0 Å². The smallest absolute Gasteiger partial charge is 0.335 e. The summed E-state index contributed by atoms with van der Waals surface area (Å²) >= 11 is 0. The summed E-state index contributed by atoms with van der Waals surface area (Å²) in [6.45, 7) is 0.552. The van der Waals surface area contributed by atoms with Crippen molar-refractivity contribution in [2.45, 2.75) is 6.54 Å². The van der Waals surface area contributed by atoms with Crippen LogP contribution in [0.1, 0.15) is 26.3 Å². The Kier molecular flexibility index (Phi) is 3.85. The van der Waals surface area contributed by atoms with Crippen LogP contribution < -0.4 is 4.74 Å². The molecule has 0 atom stereocenters. The van der Waals surface area contributed by atoms with Crippen LogP contribution in [0.5, 0.6) is 5.75 Å². The maximum atomic E-state index is 11.3. The Balaban J connectivity index is 1.99. The van der Waals surface area contributed by atoms with Crippen LogP contribution in [0.2, 0.25) is 0 Å². The predicted octanol–water partition coefficient (Wildman–Crippen LogP) is 3.21. The van der Waals surface area contributed by atoms with Gasteiger partial charge in [0.1, 0.15) is 5.75 Å². The van der Waals surface area contributed by atoms with Gasteiger partial charge in [0.25, 0.3) is 0 Å². The zero-order valence-corrected chi connectivity index (χ0v) is 12.5. The third-order valence-corrected chi connectivity index (χ3v) is 3.80. The van der Waals surface area contributed by atoms with Crippen molar-refractivity contribution in [3.05, 3.63) is 65.4 Å².